The van der Waals surface area contributed by atoms with Crippen LogP contribution in [0, 0.1) is 5.92 Å². The average molecular weight is 223 g/mol. The predicted octanol–water partition coefficient (Wildman–Crippen LogP) is 2.06. The Bertz CT molecular complexity index is 315. The Morgan fingerprint density at radius 1 is 1.31 bits per heavy atom. The van der Waals surface area contributed by atoms with Gasteiger partial charge in [-0.25, -0.2) is 0 Å². The van der Waals surface area contributed by atoms with Gasteiger partial charge in [-0.15, -0.1) is 0 Å². The number of hydrogen-bond acceptors (Lipinski definition) is 3. The summed E-state index contributed by atoms with van der Waals surface area (Å²) in [7, 11) is 0. The molecular weight excluding hydrogens is 202 g/mol. The summed E-state index contributed by atoms with van der Waals surface area (Å²) in [5.74, 6) is 0.568. The third-order valence-electron chi connectivity index (χ3n) is 2.74. The predicted molar refractivity (Wildman–Crippen MR) is 65.4 cm³/mol. The van der Waals surface area contributed by atoms with E-state index in [1.807, 2.05) is 25.1 Å². The number of nitrogens with one attached hydrogen (secondary N) is 1. The van der Waals surface area contributed by atoms with Crippen LogP contribution in [0.25, 0.3) is 0 Å². The van der Waals surface area contributed by atoms with E-state index in [2.05, 4.69) is 12.2 Å². The van der Waals surface area contributed by atoms with Gasteiger partial charge in [0.15, 0.2) is 0 Å². The van der Waals surface area contributed by atoms with Gasteiger partial charge in [0, 0.05) is 24.8 Å². The third-order valence-corrected chi connectivity index (χ3v) is 2.74. The lowest BCUT2D eigenvalue weighted by atomic mass is 10.0. The van der Waals surface area contributed by atoms with Crippen LogP contribution in [0.5, 0.6) is 5.75 Å². The molecule has 0 aliphatic carbocycles. The van der Waals surface area contributed by atoms with Gasteiger partial charge in [0.1, 0.15) is 5.75 Å². The van der Waals surface area contributed by atoms with E-state index in [0.717, 1.165) is 18.5 Å². The second kappa shape index (κ2) is 6.51. The van der Waals surface area contributed by atoms with Crippen molar-refractivity contribution in [2.45, 2.75) is 26.3 Å². The molecule has 0 aliphatic heterocycles. The van der Waals surface area contributed by atoms with E-state index >= 15 is 0 Å². The Balaban J connectivity index is 2.64. The summed E-state index contributed by atoms with van der Waals surface area (Å²) in [5, 5.41) is 22.1. The Morgan fingerprint density at radius 3 is 2.56 bits per heavy atom. The molecule has 0 bridgehead atoms. The zero-order chi connectivity index (χ0) is 12.0. The molecule has 0 saturated carbocycles. The molecule has 1 aromatic rings. The van der Waals surface area contributed by atoms with Crippen molar-refractivity contribution in [2.24, 2.45) is 5.92 Å². The molecule has 0 aromatic heterocycles. The summed E-state index contributed by atoms with van der Waals surface area (Å²) in [6.45, 7) is 5.01. The molecule has 3 heteroatoms. The fourth-order valence-corrected chi connectivity index (χ4v) is 1.66. The highest BCUT2D eigenvalue weighted by molar-refractivity contribution is 5.34. The molecule has 16 heavy (non-hydrogen) atoms. The minimum Gasteiger partial charge on any atom is -0.508 e. The topological polar surface area (TPSA) is 52.5 Å². The van der Waals surface area contributed by atoms with Gasteiger partial charge in [-0.1, -0.05) is 32.0 Å². The van der Waals surface area contributed by atoms with E-state index in [0.29, 0.717) is 5.75 Å². The van der Waals surface area contributed by atoms with Gasteiger partial charge in [-0.05, 0) is 18.4 Å². The van der Waals surface area contributed by atoms with E-state index in [1.165, 1.54) is 0 Å². The number of aliphatic hydroxyl groups excluding tert-OH is 1. The standard InChI is InChI=1S/C13H21NO2/c1-3-12(14-8-10(2)9-15)11-6-4-5-7-13(11)16/h4-7,10,12,14-16H,3,8-9H2,1-2H3. The van der Waals surface area contributed by atoms with Crippen LogP contribution in [-0.4, -0.2) is 23.4 Å². The van der Waals surface area contributed by atoms with Crippen LogP contribution in [0.2, 0.25) is 0 Å². The molecule has 90 valence electrons. The molecule has 0 radical (unpaired) electrons. The minimum atomic E-state index is 0.148. The molecule has 3 nitrogen and oxygen atoms in total. The van der Waals surface area contributed by atoms with E-state index in [4.69, 9.17) is 5.11 Å². The highest BCUT2D eigenvalue weighted by Gasteiger charge is 2.13. The van der Waals surface area contributed by atoms with Crippen molar-refractivity contribution >= 4 is 0 Å². The summed E-state index contributed by atoms with van der Waals surface area (Å²) in [6, 6.07) is 7.53. The van der Waals surface area contributed by atoms with E-state index < -0.39 is 0 Å². The van der Waals surface area contributed by atoms with Crippen molar-refractivity contribution in [1.82, 2.24) is 5.32 Å². The van der Waals surface area contributed by atoms with Gasteiger partial charge >= 0.3 is 0 Å². The molecule has 3 N–H and O–H groups in total. The zero-order valence-corrected chi connectivity index (χ0v) is 9.98. The fourth-order valence-electron chi connectivity index (χ4n) is 1.66. The molecule has 0 spiro atoms. The van der Waals surface area contributed by atoms with Gasteiger partial charge < -0.3 is 15.5 Å². The number of aromatic hydroxyl groups is 1. The van der Waals surface area contributed by atoms with Crippen LogP contribution in [0.1, 0.15) is 31.9 Å². The maximum absolute atomic E-state index is 9.75. The number of hydrogen-bond donors (Lipinski definition) is 3. The van der Waals surface area contributed by atoms with Crippen molar-refractivity contribution in [3.05, 3.63) is 29.8 Å². The first-order valence-electron chi connectivity index (χ1n) is 5.81. The molecule has 1 rings (SSSR count). The normalized spacial score (nSPS) is 14.7. The Hall–Kier alpha value is -1.06. The van der Waals surface area contributed by atoms with Gasteiger partial charge in [-0.3, -0.25) is 0 Å². The first kappa shape index (κ1) is 13.0. The fraction of sp³-hybridized carbons (Fsp3) is 0.538. The largest absolute Gasteiger partial charge is 0.508 e. The molecule has 0 aliphatic rings. The number of phenolic OH excluding ortho intramolecular Hbond substituents is 1. The van der Waals surface area contributed by atoms with E-state index in [1.54, 1.807) is 6.07 Å². The SMILES string of the molecule is CCC(NCC(C)CO)c1ccccc1O. The van der Waals surface area contributed by atoms with Crippen molar-refractivity contribution < 1.29 is 10.2 Å². The van der Waals surface area contributed by atoms with Crippen LogP contribution in [0.15, 0.2) is 24.3 Å². The van der Waals surface area contributed by atoms with Crippen LogP contribution in [-0.2, 0) is 0 Å². The molecular formula is C13H21NO2. The maximum Gasteiger partial charge on any atom is 0.120 e. The van der Waals surface area contributed by atoms with Crippen LogP contribution >= 0.6 is 0 Å². The Kier molecular flexibility index (Phi) is 5.29. The summed E-state index contributed by atoms with van der Waals surface area (Å²) < 4.78 is 0. The lowest BCUT2D eigenvalue weighted by Gasteiger charge is -2.20. The second-order valence-electron chi connectivity index (χ2n) is 4.22. The quantitative estimate of drug-likeness (QED) is 0.692. The zero-order valence-electron chi connectivity index (χ0n) is 9.98. The van der Waals surface area contributed by atoms with Crippen molar-refractivity contribution in [3.63, 3.8) is 0 Å². The van der Waals surface area contributed by atoms with Gasteiger partial charge in [0.25, 0.3) is 0 Å². The minimum absolute atomic E-state index is 0.148. The third kappa shape index (κ3) is 3.51. The van der Waals surface area contributed by atoms with Crippen molar-refractivity contribution in [3.8, 4) is 5.75 Å². The Labute approximate surface area is 97.1 Å². The first-order chi connectivity index (χ1) is 7.69. The van der Waals surface area contributed by atoms with E-state index in [9.17, 15) is 5.11 Å². The molecule has 2 atom stereocenters. The van der Waals surface area contributed by atoms with Crippen LogP contribution in [0.3, 0.4) is 0 Å². The monoisotopic (exact) mass is 223 g/mol. The highest BCUT2D eigenvalue weighted by atomic mass is 16.3. The summed E-state index contributed by atoms with van der Waals surface area (Å²) in [5.41, 5.74) is 0.926. The highest BCUT2D eigenvalue weighted by Crippen LogP contribution is 2.25. The number of para-hydroxylation sites is 1. The van der Waals surface area contributed by atoms with Crippen molar-refractivity contribution in [1.29, 1.82) is 0 Å². The van der Waals surface area contributed by atoms with Crippen molar-refractivity contribution in [2.75, 3.05) is 13.2 Å². The molecule has 0 fully saturated rings. The lowest BCUT2D eigenvalue weighted by molar-refractivity contribution is 0.229. The summed E-state index contributed by atoms with van der Waals surface area (Å²) in [6.07, 6.45) is 0.912. The first-order valence-corrected chi connectivity index (χ1v) is 5.81. The smallest absolute Gasteiger partial charge is 0.120 e. The number of rotatable bonds is 6. The second-order valence-corrected chi connectivity index (χ2v) is 4.22. The van der Waals surface area contributed by atoms with Gasteiger partial charge in [0.2, 0.25) is 0 Å². The lowest BCUT2D eigenvalue weighted by Crippen LogP contribution is -2.27. The number of aliphatic hydroxyl groups is 1. The number of phenols is 1. The average Bonchev–Trinajstić information content (AvgIpc) is 2.31. The summed E-state index contributed by atoms with van der Waals surface area (Å²) >= 11 is 0. The molecule has 0 saturated heterocycles. The van der Waals surface area contributed by atoms with Crippen LogP contribution in [0.4, 0.5) is 0 Å². The summed E-state index contributed by atoms with van der Waals surface area (Å²) in [4.78, 5) is 0. The number of benzene rings is 1. The van der Waals surface area contributed by atoms with E-state index in [-0.39, 0.29) is 18.6 Å². The molecule has 1 aromatic carbocycles. The van der Waals surface area contributed by atoms with Gasteiger partial charge in [0.05, 0.1) is 0 Å². The molecule has 0 amide bonds. The maximum atomic E-state index is 9.75. The molecule has 2 unspecified atom stereocenters. The molecule has 0 heterocycles. The van der Waals surface area contributed by atoms with Gasteiger partial charge in [-0.2, -0.15) is 0 Å². The Morgan fingerprint density at radius 2 is 2.00 bits per heavy atom. The van der Waals surface area contributed by atoms with Crippen LogP contribution < -0.4 is 5.32 Å².